The van der Waals surface area contributed by atoms with Gasteiger partial charge < -0.3 is 10.6 Å². The first-order valence-electron chi connectivity index (χ1n) is 5.92. The van der Waals surface area contributed by atoms with Crippen molar-refractivity contribution in [3.05, 3.63) is 17.5 Å². The van der Waals surface area contributed by atoms with E-state index >= 15 is 0 Å². The van der Waals surface area contributed by atoms with Crippen molar-refractivity contribution in [2.75, 3.05) is 18.4 Å². The lowest BCUT2D eigenvalue weighted by molar-refractivity contribution is -0.120. The minimum Gasteiger partial charge on any atom is -0.356 e. The Bertz CT molecular complexity index is 452. The summed E-state index contributed by atoms with van der Waals surface area (Å²) in [6, 6.07) is 3.58. The molecule has 6 nitrogen and oxygen atoms in total. The van der Waals surface area contributed by atoms with Crippen LogP contribution in [0.4, 0.5) is 5.95 Å². The molecule has 0 saturated heterocycles. The van der Waals surface area contributed by atoms with Crippen LogP contribution < -0.4 is 10.6 Å². The van der Waals surface area contributed by atoms with Gasteiger partial charge in [-0.2, -0.15) is 5.26 Å². The second-order valence-electron chi connectivity index (χ2n) is 3.86. The zero-order valence-electron chi connectivity index (χ0n) is 10.7. The van der Waals surface area contributed by atoms with E-state index in [1.807, 2.05) is 13.0 Å². The highest BCUT2D eigenvalue weighted by molar-refractivity contribution is 5.76. The number of carbonyl (C=O) groups excluding carboxylic acids is 1. The first-order valence-corrected chi connectivity index (χ1v) is 5.92. The fourth-order valence-electron chi connectivity index (χ4n) is 1.35. The number of carbonyl (C=O) groups is 1. The van der Waals surface area contributed by atoms with Gasteiger partial charge in [-0.25, -0.2) is 9.97 Å². The van der Waals surface area contributed by atoms with Crippen LogP contribution in [0.5, 0.6) is 0 Å². The van der Waals surface area contributed by atoms with Crippen molar-refractivity contribution in [1.29, 1.82) is 5.26 Å². The van der Waals surface area contributed by atoms with Crippen molar-refractivity contribution in [3.8, 4) is 6.07 Å². The van der Waals surface area contributed by atoms with Gasteiger partial charge in [-0.15, -0.1) is 0 Å². The molecule has 1 aromatic rings. The predicted molar refractivity (Wildman–Crippen MR) is 67.9 cm³/mol. The van der Waals surface area contributed by atoms with Gasteiger partial charge in [0, 0.05) is 25.2 Å². The number of nitrogens with zero attached hydrogens (tertiary/aromatic N) is 3. The Morgan fingerprint density at radius 1 is 1.44 bits per heavy atom. The Morgan fingerprint density at radius 3 is 2.89 bits per heavy atom. The number of rotatable bonds is 6. The summed E-state index contributed by atoms with van der Waals surface area (Å²) in [4.78, 5) is 19.5. The molecule has 1 aromatic heterocycles. The maximum Gasteiger partial charge on any atom is 0.224 e. The molecule has 18 heavy (non-hydrogen) atoms. The van der Waals surface area contributed by atoms with Crippen LogP contribution in [0.1, 0.15) is 31.2 Å². The molecule has 1 rings (SSSR count). The Balaban J connectivity index is 2.42. The molecule has 0 saturated carbocycles. The maximum absolute atomic E-state index is 11.3. The molecular weight excluding hydrogens is 230 g/mol. The molecule has 96 valence electrons. The maximum atomic E-state index is 11.3. The predicted octanol–water partition coefficient (Wildman–Crippen LogP) is 0.985. The second-order valence-corrected chi connectivity index (χ2v) is 3.86. The van der Waals surface area contributed by atoms with Crippen LogP contribution in [0.15, 0.2) is 6.07 Å². The van der Waals surface area contributed by atoms with Crippen LogP contribution in [0.2, 0.25) is 0 Å². The summed E-state index contributed by atoms with van der Waals surface area (Å²) in [6.45, 7) is 4.94. The van der Waals surface area contributed by atoms with Crippen LogP contribution in [-0.2, 0) is 4.79 Å². The topological polar surface area (TPSA) is 90.7 Å². The molecule has 0 unspecified atom stereocenters. The first-order chi connectivity index (χ1) is 8.65. The zero-order valence-corrected chi connectivity index (χ0v) is 10.7. The van der Waals surface area contributed by atoms with Gasteiger partial charge in [0.15, 0.2) is 0 Å². The Morgan fingerprint density at radius 2 is 2.22 bits per heavy atom. The SMILES string of the molecule is CCCNC(=O)CCNc1nc(C)cc(C#N)n1. The molecule has 0 aliphatic heterocycles. The van der Waals surface area contributed by atoms with Gasteiger partial charge >= 0.3 is 0 Å². The van der Waals surface area contributed by atoms with Crippen molar-refractivity contribution in [2.24, 2.45) is 0 Å². The normalized spacial score (nSPS) is 9.61. The molecule has 1 heterocycles. The highest BCUT2D eigenvalue weighted by Gasteiger charge is 2.03. The number of nitriles is 1. The quantitative estimate of drug-likeness (QED) is 0.782. The standard InChI is InChI=1S/C12H17N5O/c1-3-5-14-11(18)4-6-15-12-16-9(2)7-10(8-13)17-12/h7H,3-6H2,1-2H3,(H,14,18)(H,15,16,17). The fourth-order valence-corrected chi connectivity index (χ4v) is 1.35. The lowest BCUT2D eigenvalue weighted by Crippen LogP contribution is -2.26. The van der Waals surface area contributed by atoms with Gasteiger partial charge in [-0.1, -0.05) is 6.92 Å². The third-order valence-corrected chi connectivity index (χ3v) is 2.18. The molecule has 0 aliphatic carbocycles. The first kappa shape index (κ1) is 13.9. The summed E-state index contributed by atoms with van der Waals surface area (Å²) < 4.78 is 0. The van der Waals surface area contributed by atoms with Crippen molar-refractivity contribution in [1.82, 2.24) is 15.3 Å². The highest BCUT2D eigenvalue weighted by atomic mass is 16.1. The van der Waals surface area contributed by atoms with Gasteiger partial charge in [-0.3, -0.25) is 4.79 Å². The van der Waals surface area contributed by atoms with Crippen LogP contribution in [-0.4, -0.2) is 29.0 Å². The molecular formula is C12H17N5O. The largest absolute Gasteiger partial charge is 0.356 e. The van der Waals surface area contributed by atoms with E-state index in [0.717, 1.165) is 12.1 Å². The molecule has 0 fully saturated rings. The van der Waals surface area contributed by atoms with Crippen LogP contribution in [0.25, 0.3) is 0 Å². The van der Waals surface area contributed by atoms with Crippen molar-refractivity contribution >= 4 is 11.9 Å². The van der Waals surface area contributed by atoms with E-state index in [4.69, 9.17) is 5.26 Å². The number of hydrogen-bond donors (Lipinski definition) is 2. The van der Waals surface area contributed by atoms with Crippen molar-refractivity contribution < 1.29 is 4.79 Å². The van der Waals surface area contributed by atoms with E-state index in [-0.39, 0.29) is 5.91 Å². The van der Waals surface area contributed by atoms with E-state index < -0.39 is 0 Å². The van der Waals surface area contributed by atoms with E-state index in [0.29, 0.717) is 31.2 Å². The summed E-state index contributed by atoms with van der Waals surface area (Å²) >= 11 is 0. The van der Waals surface area contributed by atoms with E-state index in [1.165, 1.54) is 0 Å². The Kier molecular flexibility index (Phi) is 5.58. The van der Waals surface area contributed by atoms with Crippen LogP contribution in [0.3, 0.4) is 0 Å². The molecule has 1 amide bonds. The van der Waals surface area contributed by atoms with Crippen LogP contribution in [0, 0.1) is 18.3 Å². The average molecular weight is 247 g/mol. The highest BCUT2D eigenvalue weighted by Crippen LogP contribution is 2.03. The Labute approximate surface area is 106 Å². The number of hydrogen-bond acceptors (Lipinski definition) is 5. The van der Waals surface area contributed by atoms with E-state index in [2.05, 4.69) is 20.6 Å². The fraction of sp³-hybridized carbons (Fsp3) is 0.500. The van der Waals surface area contributed by atoms with Crippen LogP contribution >= 0.6 is 0 Å². The molecule has 0 atom stereocenters. The number of amides is 1. The van der Waals surface area contributed by atoms with Gasteiger partial charge in [0.2, 0.25) is 11.9 Å². The third-order valence-electron chi connectivity index (χ3n) is 2.18. The molecule has 6 heteroatoms. The van der Waals surface area contributed by atoms with Crippen molar-refractivity contribution in [3.63, 3.8) is 0 Å². The summed E-state index contributed by atoms with van der Waals surface area (Å²) in [5.74, 6) is 0.382. The smallest absolute Gasteiger partial charge is 0.224 e. The molecule has 0 spiro atoms. The molecule has 2 N–H and O–H groups in total. The molecule has 0 aliphatic rings. The summed E-state index contributed by atoms with van der Waals surface area (Å²) in [6.07, 6.45) is 1.28. The number of aryl methyl sites for hydroxylation is 1. The molecule has 0 bridgehead atoms. The monoisotopic (exact) mass is 247 g/mol. The van der Waals surface area contributed by atoms with Gasteiger partial charge in [0.25, 0.3) is 0 Å². The van der Waals surface area contributed by atoms with Gasteiger partial charge in [-0.05, 0) is 19.4 Å². The average Bonchev–Trinajstić information content (AvgIpc) is 2.35. The molecule has 0 aromatic carbocycles. The summed E-state index contributed by atoms with van der Waals surface area (Å²) in [5.41, 5.74) is 1.04. The van der Waals surface area contributed by atoms with Crippen molar-refractivity contribution in [2.45, 2.75) is 26.7 Å². The van der Waals surface area contributed by atoms with E-state index in [9.17, 15) is 4.79 Å². The van der Waals surface area contributed by atoms with E-state index in [1.54, 1.807) is 13.0 Å². The minimum absolute atomic E-state index is 0.00231. The summed E-state index contributed by atoms with van der Waals surface area (Å²) in [7, 11) is 0. The second kappa shape index (κ2) is 7.22. The lowest BCUT2D eigenvalue weighted by atomic mass is 10.3. The zero-order chi connectivity index (χ0) is 13.4. The molecule has 0 radical (unpaired) electrons. The number of anilines is 1. The lowest BCUT2D eigenvalue weighted by Gasteiger charge is -2.06. The van der Waals surface area contributed by atoms with Gasteiger partial charge in [0.05, 0.1) is 0 Å². The number of nitrogens with one attached hydrogen (secondary N) is 2. The third kappa shape index (κ3) is 4.78. The minimum atomic E-state index is -0.00231. The number of aromatic nitrogens is 2. The summed E-state index contributed by atoms with van der Waals surface area (Å²) in [5, 5.41) is 14.5. The Hall–Kier alpha value is -2.16. The van der Waals surface area contributed by atoms with Gasteiger partial charge in [0.1, 0.15) is 11.8 Å².